The molecule has 3 aliphatic rings. The van der Waals surface area contributed by atoms with Crippen molar-refractivity contribution in [1.82, 2.24) is 14.9 Å². The monoisotopic (exact) mass is 509 g/mol. The van der Waals surface area contributed by atoms with Gasteiger partial charge < -0.3 is 15.4 Å². The van der Waals surface area contributed by atoms with E-state index in [9.17, 15) is 22.8 Å². The highest BCUT2D eigenvalue weighted by Crippen LogP contribution is 2.43. The molecule has 34 heavy (non-hydrogen) atoms. The van der Waals surface area contributed by atoms with Crippen LogP contribution in [0.15, 0.2) is 29.2 Å². The molecule has 2 aliphatic carbocycles. The molecule has 2 N–H and O–H groups in total. The lowest BCUT2D eigenvalue weighted by Crippen LogP contribution is -2.58. The molecular weight excluding hydrogens is 478 g/mol. The van der Waals surface area contributed by atoms with E-state index < -0.39 is 22.0 Å². The van der Waals surface area contributed by atoms with Gasteiger partial charge in [0, 0.05) is 30.6 Å². The quantitative estimate of drug-likeness (QED) is 0.548. The molecule has 0 spiro atoms. The minimum Gasteiger partial charge on any atom is -0.353 e. The first kappa shape index (κ1) is 25.1. The summed E-state index contributed by atoms with van der Waals surface area (Å²) in [6.07, 6.45) is 7.40. The molecule has 10 heteroatoms. The third-order valence-corrected chi connectivity index (χ3v) is 9.79. The number of aldehydes is 1. The van der Waals surface area contributed by atoms with Crippen molar-refractivity contribution in [3.63, 3.8) is 0 Å². The maximum atomic E-state index is 13.2. The SMILES string of the molecule is O=CCC1CCC2C(CCCC2NC(=O)C[C@@H]2C(=O)NCCN2S(=O)(=O)c2ccc(Cl)cc2)C1. The second kappa shape index (κ2) is 10.7. The van der Waals surface area contributed by atoms with E-state index >= 15 is 0 Å². The van der Waals surface area contributed by atoms with E-state index in [4.69, 9.17) is 11.6 Å². The maximum absolute atomic E-state index is 13.2. The minimum atomic E-state index is -3.96. The number of carbonyl (C=O) groups is 3. The van der Waals surface area contributed by atoms with Gasteiger partial charge in [0.25, 0.3) is 0 Å². The summed E-state index contributed by atoms with van der Waals surface area (Å²) in [6.45, 7) is 0.291. The molecule has 5 atom stereocenters. The van der Waals surface area contributed by atoms with Crippen LogP contribution in [-0.4, -0.2) is 56.0 Å². The van der Waals surface area contributed by atoms with Crippen LogP contribution < -0.4 is 10.6 Å². The lowest BCUT2D eigenvalue weighted by Gasteiger charge is -2.44. The van der Waals surface area contributed by atoms with Gasteiger partial charge in [-0.2, -0.15) is 4.31 Å². The Bertz CT molecular complexity index is 1020. The molecule has 4 rings (SSSR count). The standard InChI is InChI=1S/C24H32ClN3O5S/c25-18-5-7-19(8-6-18)34(32,33)28-12-11-26-24(31)22(28)15-23(30)27-21-3-1-2-17-14-16(10-13-29)4-9-20(17)21/h5-8,13,16-17,20-22H,1-4,9-12,14-15H2,(H,26,31)(H,27,30)/t16?,17?,20?,21?,22-/m1/s1. The average molecular weight is 510 g/mol. The van der Waals surface area contributed by atoms with Gasteiger partial charge in [-0.25, -0.2) is 8.42 Å². The number of amides is 2. The number of sulfonamides is 1. The van der Waals surface area contributed by atoms with Crippen LogP contribution in [0.5, 0.6) is 0 Å². The molecule has 0 bridgehead atoms. The fourth-order valence-electron chi connectivity index (χ4n) is 5.95. The second-order valence-electron chi connectivity index (χ2n) is 9.69. The van der Waals surface area contributed by atoms with E-state index in [1.165, 1.54) is 24.3 Å². The van der Waals surface area contributed by atoms with E-state index in [0.717, 1.165) is 49.1 Å². The highest BCUT2D eigenvalue weighted by molar-refractivity contribution is 7.89. The van der Waals surface area contributed by atoms with Crippen molar-refractivity contribution in [2.24, 2.45) is 17.8 Å². The van der Waals surface area contributed by atoms with Crippen LogP contribution in [-0.2, 0) is 24.4 Å². The molecule has 4 unspecified atom stereocenters. The Labute approximate surface area is 205 Å². The number of hydrogen-bond acceptors (Lipinski definition) is 5. The number of piperazine rings is 1. The third-order valence-electron chi connectivity index (χ3n) is 7.61. The summed E-state index contributed by atoms with van der Waals surface area (Å²) < 4.78 is 27.6. The largest absolute Gasteiger partial charge is 0.353 e. The first-order valence-corrected chi connectivity index (χ1v) is 13.9. The van der Waals surface area contributed by atoms with E-state index in [1.54, 1.807) is 0 Å². The Morgan fingerprint density at radius 3 is 2.68 bits per heavy atom. The molecule has 1 aromatic rings. The van der Waals surface area contributed by atoms with Crippen molar-refractivity contribution >= 4 is 39.7 Å². The predicted molar refractivity (Wildman–Crippen MR) is 128 cm³/mol. The Balaban J connectivity index is 1.44. The number of fused-ring (bicyclic) bond motifs is 1. The van der Waals surface area contributed by atoms with Crippen molar-refractivity contribution in [3.05, 3.63) is 29.3 Å². The topological polar surface area (TPSA) is 113 Å². The van der Waals surface area contributed by atoms with Gasteiger partial charge in [0.1, 0.15) is 12.3 Å². The van der Waals surface area contributed by atoms with Crippen molar-refractivity contribution in [2.45, 2.75) is 68.3 Å². The van der Waals surface area contributed by atoms with Crippen molar-refractivity contribution in [1.29, 1.82) is 0 Å². The highest BCUT2D eigenvalue weighted by Gasteiger charge is 2.42. The Kier molecular flexibility index (Phi) is 7.94. The minimum absolute atomic E-state index is 0.0244. The van der Waals surface area contributed by atoms with E-state index in [-0.39, 0.29) is 36.4 Å². The number of nitrogens with one attached hydrogen (secondary N) is 2. The first-order chi connectivity index (χ1) is 16.3. The van der Waals surface area contributed by atoms with Crippen LogP contribution >= 0.6 is 11.6 Å². The normalized spacial score (nSPS) is 30.1. The zero-order valence-electron chi connectivity index (χ0n) is 19.1. The molecule has 0 aromatic heterocycles. The van der Waals surface area contributed by atoms with Crippen molar-refractivity contribution < 1.29 is 22.8 Å². The summed E-state index contributed by atoms with van der Waals surface area (Å²) >= 11 is 5.89. The van der Waals surface area contributed by atoms with Gasteiger partial charge in [0.05, 0.1) is 11.3 Å². The number of benzene rings is 1. The van der Waals surface area contributed by atoms with E-state index in [0.29, 0.717) is 29.2 Å². The van der Waals surface area contributed by atoms with Crippen LogP contribution in [0.2, 0.25) is 5.02 Å². The number of hydrogen-bond donors (Lipinski definition) is 2. The molecule has 1 saturated heterocycles. The summed E-state index contributed by atoms with van der Waals surface area (Å²) in [5, 5.41) is 6.23. The molecule has 1 heterocycles. The predicted octanol–water partition coefficient (Wildman–Crippen LogP) is 2.51. The van der Waals surface area contributed by atoms with Gasteiger partial charge >= 0.3 is 0 Å². The van der Waals surface area contributed by atoms with Crippen LogP contribution in [0.3, 0.4) is 0 Å². The number of carbonyl (C=O) groups excluding carboxylic acids is 3. The number of rotatable bonds is 7. The molecule has 1 aromatic carbocycles. The van der Waals surface area contributed by atoms with Gasteiger partial charge in [0.2, 0.25) is 21.8 Å². The number of halogens is 1. The molecule has 2 saturated carbocycles. The molecule has 186 valence electrons. The average Bonchev–Trinajstić information content (AvgIpc) is 2.81. The van der Waals surface area contributed by atoms with Crippen LogP contribution in [0.1, 0.15) is 51.4 Å². The molecule has 2 amide bonds. The lowest BCUT2D eigenvalue weighted by molar-refractivity contribution is -0.132. The summed E-state index contributed by atoms with van der Waals surface area (Å²) in [5.41, 5.74) is 0. The highest BCUT2D eigenvalue weighted by atomic mass is 35.5. The fraction of sp³-hybridized carbons (Fsp3) is 0.625. The van der Waals surface area contributed by atoms with Crippen molar-refractivity contribution in [3.8, 4) is 0 Å². The van der Waals surface area contributed by atoms with Crippen LogP contribution in [0.4, 0.5) is 0 Å². The molecular formula is C24H32ClN3O5S. The number of nitrogens with zero attached hydrogens (tertiary/aromatic N) is 1. The fourth-order valence-corrected chi connectivity index (χ4v) is 7.66. The van der Waals surface area contributed by atoms with Crippen molar-refractivity contribution in [2.75, 3.05) is 13.1 Å². The summed E-state index contributed by atoms with van der Waals surface area (Å²) in [4.78, 5) is 36.6. The Morgan fingerprint density at radius 1 is 1.18 bits per heavy atom. The Morgan fingerprint density at radius 2 is 1.94 bits per heavy atom. The zero-order valence-corrected chi connectivity index (χ0v) is 20.7. The molecule has 8 nitrogen and oxygen atoms in total. The molecule has 1 aliphatic heterocycles. The smallest absolute Gasteiger partial charge is 0.243 e. The molecule has 0 radical (unpaired) electrons. The van der Waals surface area contributed by atoms with Gasteiger partial charge in [0.15, 0.2) is 0 Å². The third kappa shape index (κ3) is 5.47. The van der Waals surface area contributed by atoms with Gasteiger partial charge in [-0.15, -0.1) is 0 Å². The molecule has 3 fully saturated rings. The lowest BCUT2D eigenvalue weighted by atomic mass is 9.65. The van der Waals surface area contributed by atoms with Crippen LogP contribution in [0.25, 0.3) is 0 Å². The maximum Gasteiger partial charge on any atom is 0.243 e. The first-order valence-electron chi connectivity index (χ1n) is 12.1. The van der Waals surface area contributed by atoms with Gasteiger partial charge in [-0.1, -0.05) is 24.4 Å². The van der Waals surface area contributed by atoms with E-state index in [2.05, 4.69) is 10.6 Å². The Hall–Kier alpha value is -1.97. The summed E-state index contributed by atoms with van der Waals surface area (Å²) in [5.74, 6) is 0.534. The van der Waals surface area contributed by atoms with Crippen LogP contribution in [0, 0.1) is 17.8 Å². The second-order valence-corrected chi connectivity index (χ2v) is 12.0. The van der Waals surface area contributed by atoms with Gasteiger partial charge in [-0.05, 0) is 67.7 Å². The zero-order chi connectivity index (χ0) is 24.3. The van der Waals surface area contributed by atoms with Gasteiger partial charge in [-0.3, -0.25) is 9.59 Å². The summed E-state index contributed by atoms with van der Waals surface area (Å²) in [6, 6.07) is 4.72. The summed E-state index contributed by atoms with van der Waals surface area (Å²) in [7, 11) is -3.96. The van der Waals surface area contributed by atoms with E-state index in [1.807, 2.05) is 0 Å².